The SMILES string of the molecule is N[C@H](CSCC1C[C@@H]2O[C@@H]3C(CO)O[C@@H](O[C@@H]4C(CO)O[C@@H](O[C@@H]5C(CSC[C@@H](N)C(=O)O)O[C@@H](O[C@@H]6C(CO)O[C@H](O[C@@H]7C(CO)O[C@H](O[C@@H]8C(CO)O[C@@H](O[C@H]1[C@H](O)C2O)C(O)[C@H]8O)C(O)[C@H]7O)C(O)[C@H]6O)C(O)[C@H]5O)C(O)[C@H]4O)C(O)[C@H]3O)C(=O)O. The van der Waals surface area contributed by atoms with Gasteiger partial charge in [-0.2, -0.15) is 23.5 Å². The van der Waals surface area contributed by atoms with Crippen molar-refractivity contribution in [1.29, 1.82) is 0 Å². The Kier molecular flexibility index (Phi) is 26.2. The number of hydrogen-bond donors (Lipinski definition) is 23. The smallest absolute Gasteiger partial charge is 0.321 e. The Balaban J connectivity index is 1.11. The van der Waals surface area contributed by atoms with Gasteiger partial charge in [0.25, 0.3) is 0 Å². The summed E-state index contributed by atoms with van der Waals surface area (Å²) in [6, 6.07) is -2.87. The molecule has 0 radical (unpaired) electrons. The number of aliphatic hydroxyl groups excluding tert-OH is 19. The normalized spacial score (nSPS) is 50.1. The second-order valence-electron chi connectivity index (χ2n) is 22.7. The van der Waals surface area contributed by atoms with E-state index in [4.69, 9.17) is 73.0 Å². The zero-order valence-corrected chi connectivity index (χ0v) is 48.6. The molecule has 1 saturated carbocycles. The first-order chi connectivity index (χ1) is 42.2. The Morgan fingerprint density at radius 2 is 0.562 bits per heavy atom. The van der Waals surface area contributed by atoms with Crippen molar-refractivity contribution in [1.82, 2.24) is 0 Å². The third-order valence-electron chi connectivity index (χ3n) is 16.7. The van der Waals surface area contributed by atoms with E-state index in [1.54, 1.807) is 0 Å². The maximum absolute atomic E-state index is 11.8. The molecule has 21 rings (SSSR count). The van der Waals surface area contributed by atoms with Crippen LogP contribution in [-0.2, 0) is 71.2 Å². The van der Waals surface area contributed by atoms with Gasteiger partial charge < -0.3 is 180 Å². The molecule has 14 unspecified atom stereocenters. The zero-order valence-electron chi connectivity index (χ0n) is 46.9. The minimum atomic E-state index is -2.25. The lowest BCUT2D eigenvalue weighted by molar-refractivity contribution is -0.394. The van der Waals surface area contributed by atoms with Crippen LogP contribution in [0.5, 0.6) is 0 Å². The highest BCUT2D eigenvalue weighted by atomic mass is 32.2. The second-order valence-corrected chi connectivity index (χ2v) is 24.9. The van der Waals surface area contributed by atoms with E-state index in [1.165, 1.54) is 0 Å². The first-order valence-electron chi connectivity index (χ1n) is 28.4. The van der Waals surface area contributed by atoms with E-state index in [9.17, 15) is 117 Å². The third kappa shape index (κ3) is 15.9. The number of carbonyl (C=O) groups is 2. The Labute approximate surface area is 513 Å². The van der Waals surface area contributed by atoms with Crippen LogP contribution in [0, 0.1) is 5.92 Å². The van der Waals surface area contributed by atoms with Crippen molar-refractivity contribution in [2.75, 3.05) is 56.0 Å². The molecule has 20 aliphatic heterocycles. The van der Waals surface area contributed by atoms with Crippen molar-refractivity contribution in [3.8, 4) is 0 Å². The number of hydrogen-bond acceptors (Lipinski definition) is 38. The number of aliphatic hydroxyl groups is 19. The van der Waals surface area contributed by atoms with Gasteiger partial charge >= 0.3 is 11.9 Å². The third-order valence-corrected chi connectivity index (χ3v) is 19.2. The standard InChI is InChI=1S/C49H82N2O36S2/c50-12(42(71)72)8-88-7-11-1-14-21(57)22(58)35(11)82-44-30(66)24(60)37(16(3-53)77-44)84-46-31(67)25(61)38(17(4-54)78-46)85-47-32(68)26(62)40(19(6-56)79-47)86-49-34(70)28(64)41(20(81-49)10-89-9-13(51)43(73)74)87-48-33(69)27(63)39(18(5-55)80-48)83-45-29(65)23(59)36(75-14)15(2-52)76-45/h11-41,44-49,52-70H,1-10,50-51H2,(H,71,72)(H,73,74)/t11?,12-,13-,14+,15?,16?,17?,18?,19?,20?,21?,22-,23-,24-,25-,26-,27-,28-,29?,30?,31?,32?,33?,34?,35-,36-,37-,38-,39-,40-,41-,44+,45+,46-,47-,48+,49+/m1/s1. The molecule has 38 nitrogen and oxygen atoms in total. The van der Waals surface area contributed by atoms with Crippen molar-refractivity contribution in [3.05, 3.63) is 0 Å². The molecule has 1 aliphatic carbocycles. The number of carboxylic acid groups (broad SMARTS) is 2. The molecule has 25 N–H and O–H groups in total. The maximum Gasteiger partial charge on any atom is 0.321 e. The summed E-state index contributed by atoms with van der Waals surface area (Å²) in [5, 5.41) is 234. The molecular formula is C49H82N2O36S2. The molecule has 89 heavy (non-hydrogen) atoms. The number of aliphatic carboxylic acids is 2. The Morgan fingerprint density at radius 1 is 0.326 bits per heavy atom. The molecule has 21 aliphatic rings. The first kappa shape index (κ1) is 73.1. The molecule has 0 amide bonds. The van der Waals surface area contributed by atoms with Gasteiger partial charge in [-0.25, -0.2) is 0 Å². The summed E-state index contributed by atoms with van der Waals surface area (Å²) in [5.41, 5.74) is 11.4. The minimum absolute atomic E-state index is 0.169. The number of ether oxygens (including phenoxy) is 13. The van der Waals surface area contributed by atoms with Gasteiger partial charge in [0.05, 0.1) is 51.3 Å². The summed E-state index contributed by atoms with van der Waals surface area (Å²) in [4.78, 5) is 23.2. The van der Waals surface area contributed by atoms with Crippen molar-refractivity contribution in [2.45, 2.75) is 227 Å². The van der Waals surface area contributed by atoms with Gasteiger partial charge in [-0.15, -0.1) is 0 Å². The highest BCUT2D eigenvalue weighted by Gasteiger charge is 2.59. The fraction of sp³-hybridized carbons (Fsp3) is 0.959. The highest BCUT2D eigenvalue weighted by molar-refractivity contribution is 7.99. The second kappa shape index (κ2) is 31.9. The largest absolute Gasteiger partial charge is 0.480 e. The number of rotatable bonds is 15. The topological polar surface area (TPSA) is 631 Å². The van der Waals surface area contributed by atoms with Gasteiger partial charge in [0.2, 0.25) is 0 Å². The van der Waals surface area contributed by atoms with Crippen molar-refractivity contribution in [3.63, 3.8) is 0 Å². The average Bonchev–Trinajstić information content (AvgIpc) is 0.983. The monoisotopic (exact) mass is 1340 g/mol. The van der Waals surface area contributed by atoms with Gasteiger partial charge in [0.15, 0.2) is 37.7 Å². The molecule has 516 valence electrons. The molecule has 40 heteroatoms. The molecule has 37 atom stereocenters. The van der Waals surface area contributed by atoms with Crippen LogP contribution in [0.1, 0.15) is 6.42 Å². The number of thioether (sulfide) groups is 2. The van der Waals surface area contributed by atoms with Crippen LogP contribution in [0.25, 0.3) is 0 Å². The van der Waals surface area contributed by atoms with E-state index in [2.05, 4.69) is 0 Å². The lowest BCUT2D eigenvalue weighted by Crippen LogP contribution is -2.68. The lowest BCUT2D eigenvalue weighted by Gasteiger charge is -2.50. The Morgan fingerprint density at radius 3 is 0.843 bits per heavy atom. The fourth-order valence-corrected chi connectivity index (χ4v) is 13.9. The van der Waals surface area contributed by atoms with E-state index in [0.29, 0.717) is 0 Å². The predicted octanol–water partition coefficient (Wildman–Crippen LogP) is -14.3. The Hall–Kier alpha value is -1.72. The van der Waals surface area contributed by atoms with Gasteiger partial charge in [-0.1, -0.05) is 0 Å². The molecule has 0 spiro atoms. The summed E-state index contributed by atoms with van der Waals surface area (Å²) in [5.74, 6) is -4.99. The van der Waals surface area contributed by atoms with E-state index >= 15 is 0 Å². The Bertz CT molecular complexity index is 2200. The van der Waals surface area contributed by atoms with E-state index in [0.717, 1.165) is 23.5 Å². The van der Waals surface area contributed by atoms with Gasteiger partial charge in [0, 0.05) is 17.3 Å². The first-order valence-corrected chi connectivity index (χ1v) is 30.7. The molecule has 0 aromatic rings. The predicted molar refractivity (Wildman–Crippen MR) is 283 cm³/mol. The van der Waals surface area contributed by atoms with Crippen molar-refractivity contribution >= 4 is 35.5 Å². The van der Waals surface area contributed by atoms with E-state index < -0.39 is 272 Å². The molecule has 20 saturated heterocycles. The van der Waals surface area contributed by atoms with Crippen LogP contribution in [0.15, 0.2) is 0 Å². The molecular weight excluding hydrogens is 1260 g/mol. The summed E-state index contributed by atoms with van der Waals surface area (Å²) < 4.78 is 76.2. The average molecular weight is 1340 g/mol. The molecule has 0 aromatic carbocycles. The van der Waals surface area contributed by atoms with Crippen LogP contribution in [0.2, 0.25) is 0 Å². The van der Waals surface area contributed by atoms with E-state index in [-0.39, 0.29) is 29.4 Å². The summed E-state index contributed by atoms with van der Waals surface area (Å²) in [6.45, 7) is -5.31. The maximum atomic E-state index is 11.8. The van der Waals surface area contributed by atoms with Crippen LogP contribution < -0.4 is 11.5 Å². The molecule has 14 bridgehead atoms. The number of carboxylic acids is 2. The fourth-order valence-electron chi connectivity index (χ4n) is 11.7. The summed E-state index contributed by atoms with van der Waals surface area (Å²) in [7, 11) is 0. The summed E-state index contributed by atoms with van der Waals surface area (Å²) in [6.07, 6.45) is -68.3. The van der Waals surface area contributed by atoms with Gasteiger partial charge in [-0.3, -0.25) is 9.59 Å². The van der Waals surface area contributed by atoms with Crippen LogP contribution in [0.3, 0.4) is 0 Å². The highest BCUT2D eigenvalue weighted by Crippen LogP contribution is 2.41. The van der Waals surface area contributed by atoms with Crippen LogP contribution >= 0.6 is 23.5 Å². The molecule has 0 aromatic heterocycles. The zero-order chi connectivity index (χ0) is 65.2. The van der Waals surface area contributed by atoms with Crippen LogP contribution in [0.4, 0.5) is 0 Å². The quantitative estimate of drug-likeness (QED) is 0.0724. The van der Waals surface area contributed by atoms with Crippen molar-refractivity contribution < 1.29 is 178 Å². The van der Waals surface area contributed by atoms with Crippen molar-refractivity contribution in [2.24, 2.45) is 17.4 Å². The molecule has 21 fully saturated rings. The molecule has 20 heterocycles. The summed E-state index contributed by atoms with van der Waals surface area (Å²) >= 11 is 1.73. The van der Waals surface area contributed by atoms with E-state index in [1.807, 2.05) is 0 Å². The number of nitrogens with two attached hydrogens (primary N) is 2. The minimum Gasteiger partial charge on any atom is -0.480 e. The van der Waals surface area contributed by atoms with Gasteiger partial charge in [0.1, 0.15) is 165 Å². The lowest BCUT2D eigenvalue weighted by atomic mass is 9.81. The van der Waals surface area contributed by atoms with Gasteiger partial charge in [-0.05, 0) is 18.1 Å². The van der Waals surface area contributed by atoms with Crippen LogP contribution in [-0.4, -0.2) is 396 Å².